The number of ether oxygens (including phenoxy) is 2. The topological polar surface area (TPSA) is 57.4 Å². The second kappa shape index (κ2) is 4.74. The molecule has 0 saturated heterocycles. The van der Waals surface area contributed by atoms with E-state index in [0.29, 0.717) is 5.92 Å². The Balaban J connectivity index is 2.08. The minimum absolute atomic E-state index is 0.609. The summed E-state index contributed by atoms with van der Waals surface area (Å²) < 4.78 is 10.7. The first kappa shape index (κ1) is 12.3. The summed E-state index contributed by atoms with van der Waals surface area (Å²) in [6, 6.07) is 5.66. The summed E-state index contributed by atoms with van der Waals surface area (Å²) in [6.45, 7) is 0. The van der Waals surface area contributed by atoms with Crippen LogP contribution in [0.1, 0.15) is 23.8 Å². The average molecular weight is 276 g/mol. The Morgan fingerprint density at radius 2 is 2.05 bits per heavy atom. The van der Waals surface area contributed by atoms with E-state index in [2.05, 4.69) is 4.98 Å². The first-order chi connectivity index (χ1) is 9.22. The number of rotatable bonds is 4. The molecule has 3 rings (SSSR count). The monoisotopic (exact) mass is 276 g/mol. The molecule has 5 heteroatoms. The molecule has 1 aromatic heterocycles. The minimum Gasteiger partial charge on any atom is -0.497 e. The second-order valence-electron chi connectivity index (χ2n) is 4.61. The van der Waals surface area contributed by atoms with Gasteiger partial charge in [0.1, 0.15) is 22.2 Å². The molecule has 0 unspecified atom stereocenters. The molecule has 19 heavy (non-hydrogen) atoms. The quantitative estimate of drug-likeness (QED) is 0.931. The van der Waals surface area contributed by atoms with Gasteiger partial charge in [0.05, 0.1) is 19.2 Å². The van der Waals surface area contributed by atoms with E-state index in [4.69, 9.17) is 15.2 Å². The van der Waals surface area contributed by atoms with Crippen LogP contribution in [-0.2, 0) is 0 Å². The van der Waals surface area contributed by atoms with Gasteiger partial charge in [0, 0.05) is 11.5 Å². The lowest BCUT2D eigenvalue weighted by Gasteiger charge is -2.09. The second-order valence-corrected chi connectivity index (χ2v) is 5.67. The number of nitrogens with zero attached hydrogens (tertiary/aromatic N) is 1. The van der Waals surface area contributed by atoms with Crippen molar-refractivity contribution in [2.24, 2.45) is 0 Å². The van der Waals surface area contributed by atoms with E-state index in [1.54, 1.807) is 25.6 Å². The van der Waals surface area contributed by atoms with E-state index >= 15 is 0 Å². The molecule has 0 aliphatic heterocycles. The highest BCUT2D eigenvalue weighted by Crippen LogP contribution is 2.46. The molecule has 1 aromatic carbocycles. The summed E-state index contributed by atoms with van der Waals surface area (Å²) in [4.78, 5) is 4.68. The Labute approximate surface area is 116 Å². The van der Waals surface area contributed by atoms with Gasteiger partial charge < -0.3 is 15.2 Å². The summed E-state index contributed by atoms with van der Waals surface area (Å²) in [5.41, 5.74) is 7.81. The largest absolute Gasteiger partial charge is 0.497 e. The molecule has 1 heterocycles. The minimum atomic E-state index is 0.609. The predicted octanol–water partition coefficient (Wildman–Crippen LogP) is 3.29. The van der Waals surface area contributed by atoms with Crippen molar-refractivity contribution in [3.05, 3.63) is 23.2 Å². The van der Waals surface area contributed by atoms with Crippen molar-refractivity contribution in [3.8, 4) is 22.8 Å². The third kappa shape index (κ3) is 2.26. The molecule has 4 nitrogen and oxygen atoms in total. The van der Waals surface area contributed by atoms with Gasteiger partial charge in [-0.15, -0.1) is 11.3 Å². The molecule has 0 atom stereocenters. The zero-order valence-electron chi connectivity index (χ0n) is 11.0. The van der Waals surface area contributed by atoms with Crippen LogP contribution < -0.4 is 15.2 Å². The van der Waals surface area contributed by atoms with Crippen LogP contribution in [0.3, 0.4) is 0 Å². The highest BCUT2D eigenvalue weighted by Gasteiger charge is 2.28. The number of benzene rings is 1. The summed E-state index contributed by atoms with van der Waals surface area (Å²) in [7, 11) is 3.29. The molecule has 0 spiro atoms. The number of aromatic nitrogens is 1. The van der Waals surface area contributed by atoms with Gasteiger partial charge in [-0.05, 0) is 31.0 Å². The van der Waals surface area contributed by atoms with Gasteiger partial charge in [0.15, 0.2) is 0 Å². The standard InChI is InChI=1S/C14H16N2O2S/c1-17-9-5-6-11(18-2)10(7-9)12-13(15)19-14(16-12)8-3-4-8/h5-8H,3-4,15H2,1-2H3. The van der Waals surface area contributed by atoms with Crippen LogP contribution in [0, 0.1) is 0 Å². The molecular formula is C14H16N2O2S. The lowest BCUT2D eigenvalue weighted by molar-refractivity contribution is 0.404. The first-order valence-electron chi connectivity index (χ1n) is 6.21. The molecule has 0 radical (unpaired) electrons. The van der Waals surface area contributed by atoms with E-state index in [-0.39, 0.29) is 0 Å². The normalized spacial score (nSPS) is 14.4. The van der Waals surface area contributed by atoms with Crippen molar-refractivity contribution in [1.29, 1.82) is 0 Å². The Kier molecular flexibility index (Phi) is 3.06. The predicted molar refractivity (Wildman–Crippen MR) is 77.0 cm³/mol. The number of hydrogen-bond acceptors (Lipinski definition) is 5. The van der Waals surface area contributed by atoms with E-state index in [1.807, 2.05) is 18.2 Å². The van der Waals surface area contributed by atoms with Crippen LogP contribution >= 0.6 is 11.3 Å². The fourth-order valence-electron chi connectivity index (χ4n) is 2.05. The molecule has 1 aliphatic carbocycles. The zero-order valence-corrected chi connectivity index (χ0v) is 11.8. The summed E-state index contributed by atoms with van der Waals surface area (Å²) in [5, 5.41) is 1.88. The van der Waals surface area contributed by atoms with Crippen molar-refractivity contribution in [1.82, 2.24) is 4.98 Å². The fourth-order valence-corrected chi connectivity index (χ4v) is 3.06. The zero-order chi connectivity index (χ0) is 13.4. The Bertz CT molecular complexity index is 605. The van der Waals surface area contributed by atoms with Gasteiger partial charge in [-0.1, -0.05) is 0 Å². The van der Waals surface area contributed by atoms with Crippen molar-refractivity contribution in [2.75, 3.05) is 20.0 Å². The van der Waals surface area contributed by atoms with E-state index < -0.39 is 0 Å². The third-order valence-electron chi connectivity index (χ3n) is 3.26. The smallest absolute Gasteiger partial charge is 0.128 e. The van der Waals surface area contributed by atoms with Gasteiger partial charge in [0.2, 0.25) is 0 Å². The number of anilines is 1. The fraction of sp³-hybridized carbons (Fsp3) is 0.357. The molecule has 2 aromatic rings. The number of methoxy groups -OCH3 is 2. The van der Waals surface area contributed by atoms with Crippen LogP contribution in [0.5, 0.6) is 11.5 Å². The van der Waals surface area contributed by atoms with Crippen LogP contribution in [-0.4, -0.2) is 19.2 Å². The molecule has 2 N–H and O–H groups in total. The van der Waals surface area contributed by atoms with Crippen LogP contribution in [0.15, 0.2) is 18.2 Å². The van der Waals surface area contributed by atoms with Crippen molar-refractivity contribution >= 4 is 16.3 Å². The van der Waals surface area contributed by atoms with Crippen molar-refractivity contribution in [3.63, 3.8) is 0 Å². The maximum absolute atomic E-state index is 6.11. The van der Waals surface area contributed by atoms with Crippen molar-refractivity contribution in [2.45, 2.75) is 18.8 Å². The molecular weight excluding hydrogens is 260 g/mol. The molecule has 0 amide bonds. The lowest BCUT2D eigenvalue weighted by Crippen LogP contribution is -1.93. The van der Waals surface area contributed by atoms with Gasteiger partial charge >= 0.3 is 0 Å². The molecule has 1 saturated carbocycles. The van der Waals surface area contributed by atoms with Gasteiger partial charge in [0.25, 0.3) is 0 Å². The maximum Gasteiger partial charge on any atom is 0.128 e. The number of hydrogen-bond donors (Lipinski definition) is 1. The van der Waals surface area contributed by atoms with E-state index in [1.165, 1.54) is 12.8 Å². The summed E-state index contributed by atoms with van der Waals surface area (Å²) in [6.07, 6.45) is 2.45. The third-order valence-corrected chi connectivity index (χ3v) is 4.31. The SMILES string of the molecule is COc1ccc(OC)c(-c2nc(C3CC3)sc2N)c1. The molecule has 0 bridgehead atoms. The maximum atomic E-state index is 6.11. The number of nitrogens with two attached hydrogens (primary N) is 1. The number of thiazole rings is 1. The Morgan fingerprint density at radius 1 is 1.26 bits per heavy atom. The van der Waals surface area contributed by atoms with E-state index in [9.17, 15) is 0 Å². The summed E-state index contributed by atoms with van der Waals surface area (Å²) >= 11 is 1.58. The lowest BCUT2D eigenvalue weighted by atomic mass is 10.1. The molecule has 1 fully saturated rings. The number of nitrogen functional groups attached to an aromatic ring is 1. The van der Waals surface area contributed by atoms with Crippen LogP contribution in [0.4, 0.5) is 5.00 Å². The molecule has 100 valence electrons. The highest BCUT2D eigenvalue weighted by molar-refractivity contribution is 7.16. The van der Waals surface area contributed by atoms with Gasteiger partial charge in [-0.3, -0.25) is 0 Å². The Hall–Kier alpha value is -1.75. The Morgan fingerprint density at radius 3 is 2.68 bits per heavy atom. The first-order valence-corrected chi connectivity index (χ1v) is 7.03. The van der Waals surface area contributed by atoms with Gasteiger partial charge in [-0.25, -0.2) is 4.98 Å². The highest BCUT2D eigenvalue weighted by atomic mass is 32.1. The van der Waals surface area contributed by atoms with E-state index in [0.717, 1.165) is 32.8 Å². The average Bonchev–Trinajstić information content (AvgIpc) is 3.21. The van der Waals surface area contributed by atoms with Crippen molar-refractivity contribution < 1.29 is 9.47 Å². The molecule has 1 aliphatic rings. The van der Waals surface area contributed by atoms with Crippen LogP contribution in [0.25, 0.3) is 11.3 Å². The van der Waals surface area contributed by atoms with Crippen LogP contribution in [0.2, 0.25) is 0 Å². The van der Waals surface area contributed by atoms with Gasteiger partial charge in [-0.2, -0.15) is 0 Å². The summed E-state index contributed by atoms with van der Waals surface area (Å²) in [5.74, 6) is 2.15.